The molecule has 0 fully saturated rings. The van der Waals surface area contributed by atoms with Crippen LogP contribution in [-0.4, -0.2) is 31.1 Å². The van der Waals surface area contributed by atoms with E-state index in [1.807, 2.05) is 19.9 Å². The van der Waals surface area contributed by atoms with Crippen molar-refractivity contribution in [2.75, 3.05) is 11.5 Å². The Morgan fingerprint density at radius 2 is 1.77 bits per heavy atom. The first-order valence-electron chi connectivity index (χ1n) is 6.84. The summed E-state index contributed by atoms with van der Waals surface area (Å²) in [5.41, 5.74) is 1.98. The average molecular weight is 334 g/mol. The molecule has 0 aliphatic carbocycles. The molecule has 7 heteroatoms. The van der Waals surface area contributed by atoms with Crippen molar-refractivity contribution < 1.29 is 4.39 Å². The van der Waals surface area contributed by atoms with Crippen molar-refractivity contribution in [2.45, 2.75) is 23.9 Å². The van der Waals surface area contributed by atoms with Gasteiger partial charge in [0.15, 0.2) is 0 Å². The summed E-state index contributed by atoms with van der Waals surface area (Å²) >= 11 is 3.30. The third-order valence-corrected chi connectivity index (χ3v) is 5.11. The van der Waals surface area contributed by atoms with Crippen LogP contribution in [0.25, 0.3) is 5.78 Å². The number of thioether (sulfide) groups is 2. The molecular formula is C15H15FN4S2. The molecule has 0 unspecified atom stereocenters. The van der Waals surface area contributed by atoms with Crippen molar-refractivity contribution >= 4 is 29.3 Å². The lowest BCUT2D eigenvalue weighted by atomic mass is 10.4. The first kappa shape index (κ1) is 15.3. The van der Waals surface area contributed by atoms with Crippen LogP contribution < -0.4 is 0 Å². The average Bonchev–Trinajstić information content (AvgIpc) is 2.88. The highest BCUT2D eigenvalue weighted by Crippen LogP contribution is 2.22. The Bertz CT molecular complexity index is 786. The molecule has 2 heterocycles. The van der Waals surface area contributed by atoms with Crippen LogP contribution in [0.4, 0.5) is 4.39 Å². The monoisotopic (exact) mass is 334 g/mol. The number of halogens is 1. The standard InChI is InChI=1S/C15H15FN4S2/c1-10-9-11(2)20-14(17-10)18-15(19-20)22-8-7-21-13-5-3-12(16)4-6-13/h3-6,9H,7-8H2,1-2H3. The molecular weight excluding hydrogens is 319 g/mol. The quantitative estimate of drug-likeness (QED) is 0.525. The number of aromatic nitrogens is 4. The molecule has 1 aromatic carbocycles. The number of rotatable bonds is 5. The Hall–Kier alpha value is -1.60. The van der Waals surface area contributed by atoms with Gasteiger partial charge in [-0.05, 0) is 44.2 Å². The van der Waals surface area contributed by atoms with Crippen LogP contribution in [0.2, 0.25) is 0 Å². The maximum atomic E-state index is 12.8. The largest absolute Gasteiger partial charge is 0.253 e. The van der Waals surface area contributed by atoms with Crippen molar-refractivity contribution in [3.63, 3.8) is 0 Å². The number of hydrogen-bond acceptors (Lipinski definition) is 5. The fraction of sp³-hybridized carbons (Fsp3) is 0.267. The van der Waals surface area contributed by atoms with Gasteiger partial charge in [0.25, 0.3) is 5.78 Å². The fourth-order valence-electron chi connectivity index (χ4n) is 2.03. The van der Waals surface area contributed by atoms with Crippen molar-refractivity contribution in [2.24, 2.45) is 0 Å². The van der Waals surface area contributed by atoms with Crippen LogP contribution in [0.5, 0.6) is 0 Å². The van der Waals surface area contributed by atoms with Gasteiger partial charge in [-0.15, -0.1) is 16.9 Å². The predicted octanol–water partition coefficient (Wildman–Crippen LogP) is 3.76. The van der Waals surface area contributed by atoms with Crippen molar-refractivity contribution in [3.05, 3.63) is 47.5 Å². The van der Waals surface area contributed by atoms with E-state index in [1.165, 1.54) is 12.1 Å². The van der Waals surface area contributed by atoms with Gasteiger partial charge >= 0.3 is 0 Å². The van der Waals surface area contributed by atoms with Gasteiger partial charge in [0.2, 0.25) is 5.16 Å². The minimum absolute atomic E-state index is 0.203. The number of nitrogens with zero attached hydrogens (tertiary/aromatic N) is 4. The molecule has 0 atom stereocenters. The summed E-state index contributed by atoms with van der Waals surface area (Å²) in [4.78, 5) is 9.88. The molecule has 0 bridgehead atoms. The summed E-state index contributed by atoms with van der Waals surface area (Å²) < 4.78 is 14.6. The summed E-state index contributed by atoms with van der Waals surface area (Å²) in [6.45, 7) is 3.95. The summed E-state index contributed by atoms with van der Waals surface area (Å²) in [6, 6.07) is 8.54. The molecule has 0 aliphatic heterocycles. The molecule has 3 aromatic rings. The lowest BCUT2D eigenvalue weighted by molar-refractivity contribution is 0.626. The summed E-state index contributed by atoms with van der Waals surface area (Å²) in [5.74, 6) is 2.24. The molecule has 0 spiro atoms. The van der Waals surface area contributed by atoms with E-state index in [9.17, 15) is 4.39 Å². The summed E-state index contributed by atoms with van der Waals surface area (Å²) in [7, 11) is 0. The van der Waals surface area contributed by atoms with E-state index in [4.69, 9.17) is 0 Å². The Kier molecular flexibility index (Phi) is 4.63. The van der Waals surface area contributed by atoms with E-state index >= 15 is 0 Å². The van der Waals surface area contributed by atoms with Gasteiger partial charge in [-0.3, -0.25) is 0 Å². The van der Waals surface area contributed by atoms with E-state index < -0.39 is 0 Å². The molecule has 4 nitrogen and oxygen atoms in total. The molecule has 114 valence electrons. The van der Waals surface area contributed by atoms with E-state index in [0.717, 1.165) is 32.9 Å². The van der Waals surface area contributed by atoms with E-state index in [2.05, 4.69) is 15.1 Å². The second-order valence-corrected chi connectivity index (χ2v) is 7.03. The lowest BCUT2D eigenvalue weighted by Crippen LogP contribution is -1.97. The van der Waals surface area contributed by atoms with Crippen LogP contribution in [0.15, 0.2) is 40.4 Å². The smallest absolute Gasteiger partial charge is 0.216 e. The normalized spacial score (nSPS) is 11.2. The van der Waals surface area contributed by atoms with E-state index in [1.54, 1.807) is 40.2 Å². The first-order valence-corrected chi connectivity index (χ1v) is 8.81. The van der Waals surface area contributed by atoms with Crippen LogP contribution in [0.3, 0.4) is 0 Å². The highest BCUT2D eigenvalue weighted by Gasteiger charge is 2.08. The lowest BCUT2D eigenvalue weighted by Gasteiger charge is -2.00. The third-order valence-electron chi connectivity index (χ3n) is 3.00. The highest BCUT2D eigenvalue weighted by atomic mass is 32.2. The third kappa shape index (κ3) is 3.59. The Morgan fingerprint density at radius 1 is 1.05 bits per heavy atom. The zero-order valence-corrected chi connectivity index (χ0v) is 13.9. The van der Waals surface area contributed by atoms with Gasteiger partial charge in [0.1, 0.15) is 5.82 Å². The Morgan fingerprint density at radius 3 is 2.55 bits per heavy atom. The van der Waals surface area contributed by atoms with E-state index in [-0.39, 0.29) is 5.82 Å². The van der Waals surface area contributed by atoms with Gasteiger partial charge < -0.3 is 0 Å². The second-order valence-electron chi connectivity index (χ2n) is 4.80. The molecule has 3 rings (SSSR count). The second kappa shape index (κ2) is 6.66. The minimum Gasteiger partial charge on any atom is -0.216 e. The molecule has 2 aromatic heterocycles. The molecule has 0 aliphatic rings. The van der Waals surface area contributed by atoms with E-state index in [0.29, 0.717) is 5.78 Å². The number of aryl methyl sites for hydroxylation is 2. The molecule has 22 heavy (non-hydrogen) atoms. The highest BCUT2D eigenvalue weighted by molar-refractivity contribution is 8.02. The molecule has 0 N–H and O–H groups in total. The predicted molar refractivity (Wildman–Crippen MR) is 88.1 cm³/mol. The fourth-order valence-corrected chi connectivity index (χ4v) is 3.73. The number of fused-ring (bicyclic) bond motifs is 1. The minimum atomic E-state index is -0.203. The molecule has 0 amide bonds. The molecule has 0 radical (unpaired) electrons. The zero-order valence-electron chi connectivity index (χ0n) is 12.3. The summed E-state index contributed by atoms with van der Waals surface area (Å²) in [5, 5.41) is 5.19. The van der Waals surface area contributed by atoms with Crippen molar-refractivity contribution in [1.82, 2.24) is 19.6 Å². The summed E-state index contributed by atoms with van der Waals surface area (Å²) in [6.07, 6.45) is 0. The Labute approximate surface area is 136 Å². The maximum absolute atomic E-state index is 12.8. The van der Waals surface area contributed by atoms with Crippen LogP contribution in [-0.2, 0) is 0 Å². The van der Waals surface area contributed by atoms with Gasteiger partial charge in [-0.1, -0.05) is 11.8 Å². The van der Waals surface area contributed by atoms with Crippen LogP contribution >= 0.6 is 23.5 Å². The van der Waals surface area contributed by atoms with Crippen LogP contribution in [0.1, 0.15) is 11.4 Å². The first-order chi connectivity index (χ1) is 10.6. The maximum Gasteiger partial charge on any atom is 0.253 e. The zero-order chi connectivity index (χ0) is 15.5. The topological polar surface area (TPSA) is 43.1 Å². The van der Waals surface area contributed by atoms with Crippen molar-refractivity contribution in [3.8, 4) is 0 Å². The van der Waals surface area contributed by atoms with Gasteiger partial charge in [0, 0.05) is 27.8 Å². The van der Waals surface area contributed by atoms with Gasteiger partial charge in [-0.2, -0.15) is 4.98 Å². The number of benzene rings is 1. The number of hydrogen-bond donors (Lipinski definition) is 0. The SMILES string of the molecule is Cc1cc(C)n2nc(SCCSc3ccc(F)cc3)nc2n1. The van der Waals surface area contributed by atoms with Gasteiger partial charge in [0.05, 0.1) is 0 Å². The van der Waals surface area contributed by atoms with Crippen molar-refractivity contribution in [1.29, 1.82) is 0 Å². The van der Waals surface area contributed by atoms with Crippen LogP contribution in [0, 0.1) is 19.7 Å². The Balaban J connectivity index is 1.57. The molecule has 0 saturated carbocycles. The van der Waals surface area contributed by atoms with Gasteiger partial charge in [-0.25, -0.2) is 13.9 Å². The molecule has 0 saturated heterocycles.